The molecule has 0 bridgehead atoms. The molecular weight excluding hydrogens is 158 g/mol. The van der Waals surface area contributed by atoms with Crippen molar-refractivity contribution in [1.82, 2.24) is 4.90 Å². The Bertz CT molecular complexity index is 255. The molecular formula is C8H11NO3. The van der Waals surface area contributed by atoms with Crippen molar-refractivity contribution in [3.8, 4) is 0 Å². The molecule has 0 saturated carbocycles. The van der Waals surface area contributed by atoms with Crippen molar-refractivity contribution in [3.05, 3.63) is 12.2 Å². The Morgan fingerprint density at radius 1 is 1.67 bits per heavy atom. The first-order valence-corrected chi connectivity index (χ1v) is 3.68. The van der Waals surface area contributed by atoms with Gasteiger partial charge in [0.15, 0.2) is 0 Å². The van der Waals surface area contributed by atoms with Crippen LogP contribution < -0.4 is 0 Å². The monoisotopic (exact) mass is 169 g/mol. The Morgan fingerprint density at radius 3 is 2.58 bits per heavy atom. The Hall–Kier alpha value is -1.32. The Labute approximate surface area is 70.5 Å². The second-order valence-electron chi connectivity index (χ2n) is 3.22. The van der Waals surface area contributed by atoms with Gasteiger partial charge in [-0.2, -0.15) is 0 Å². The molecule has 4 nitrogen and oxygen atoms in total. The zero-order valence-corrected chi connectivity index (χ0v) is 7.07. The van der Waals surface area contributed by atoms with E-state index in [4.69, 9.17) is 5.11 Å². The van der Waals surface area contributed by atoms with Crippen LogP contribution in [0.5, 0.6) is 0 Å². The number of aliphatic carboxylic acids is 1. The van der Waals surface area contributed by atoms with E-state index >= 15 is 0 Å². The minimum absolute atomic E-state index is 0.234. The molecule has 12 heavy (non-hydrogen) atoms. The number of carboxylic acid groups (broad SMARTS) is 1. The summed E-state index contributed by atoms with van der Waals surface area (Å²) in [6, 6.07) is 0. The van der Waals surface area contributed by atoms with Crippen LogP contribution in [0.4, 0.5) is 0 Å². The van der Waals surface area contributed by atoms with Gasteiger partial charge in [-0.25, -0.2) is 4.79 Å². The second-order valence-corrected chi connectivity index (χ2v) is 3.22. The van der Waals surface area contributed by atoms with Gasteiger partial charge in [-0.05, 0) is 13.8 Å². The minimum Gasteiger partial charge on any atom is -0.480 e. The van der Waals surface area contributed by atoms with Gasteiger partial charge in [-0.1, -0.05) is 6.08 Å². The molecule has 0 atom stereocenters. The first-order chi connectivity index (χ1) is 5.46. The average Bonchev–Trinajstić information content (AvgIpc) is 2.35. The van der Waals surface area contributed by atoms with E-state index in [0.717, 1.165) is 0 Å². The highest BCUT2D eigenvalue weighted by atomic mass is 16.4. The van der Waals surface area contributed by atoms with Gasteiger partial charge in [0.25, 0.3) is 0 Å². The van der Waals surface area contributed by atoms with Crippen LogP contribution >= 0.6 is 0 Å². The van der Waals surface area contributed by atoms with Crippen molar-refractivity contribution in [2.45, 2.75) is 19.4 Å². The third-order valence-electron chi connectivity index (χ3n) is 2.01. The number of carbonyl (C=O) groups excluding carboxylic acids is 1. The molecule has 1 heterocycles. The summed E-state index contributed by atoms with van der Waals surface area (Å²) in [6.45, 7) is 3.42. The summed E-state index contributed by atoms with van der Waals surface area (Å²) >= 11 is 0. The first kappa shape index (κ1) is 8.77. The van der Waals surface area contributed by atoms with Gasteiger partial charge < -0.3 is 10.0 Å². The molecule has 1 aliphatic rings. The lowest BCUT2D eigenvalue weighted by Crippen LogP contribution is -2.50. The third kappa shape index (κ3) is 1.20. The smallest absolute Gasteiger partial charge is 0.329 e. The molecule has 0 spiro atoms. The number of nitrogens with zero attached hydrogens (tertiary/aromatic N) is 1. The van der Waals surface area contributed by atoms with E-state index in [9.17, 15) is 9.59 Å². The molecule has 4 heteroatoms. The van der Waals surface area contributed by atoms with E-state index in [1.54, 1.807) is 6.08 Å². The van der Waals surface area contributed by atoms with E-state index in [1.165, 1.54) is 24.8 Å². The SMILES string of the molecule is CC(C)(C(=O)O)N1CC=CC1=O. The average molecular weight is 169 g/mol. The predicted octanol–water partition coefficient (Wildman–Crippen LogP) is 0.248. The molecule has 0 fully saturated rings. The number of carboxylic acids is 1. The first-order valence-electron chi connectivity index (χ1n) is 3.68. The summed E-state index contributed by atoms with van der Waals surface area (Å²) in [5.74, 6) is -1.22. The number of carbonyl (C=O) groups is 2. The maximum absolute atomic E-state index is 11.1. The van der Waals surface area contributed by atoms with Crippen molar-refractivity contribution < 1.29 is 14.7 Å². The van der Waals surface area contributed by atoms with Crippen LogP contribution in [-0.2, 0) is 9.59 Å². The summed E-state index contributed by atoms with van der Waals surface area (Å²) in [6.07, 6.45) is 3.05. The van der Waals surface area contributed by atoms with Gasteiger partial charge in [-0.3, -0.25) is 4.79 Å². The molecule has 66 valence electrons. The van der Waals surface area contributed by atoms with E-state index in [0.29, 0.717) is 6.54 Å². The highest BCUT2D eigenvalue weighted by molar-refractivity contribution is 5.94. The fourth-order valence-corrected chi connectivity index (χ4v) is 1.06. The number of amides is 1. The summed E-state index contributed by atoms with van der Waals surface area (Å²) in [7, 11) is 0. The normalized spacial score (nSPS) is 17.2. The maximum atomic E-state index is 11.1. The van der Waals surface area contributed by atoms with Crippen molar-refractivity contribution in [2.75, 3.05) is 6.54 Å². The van der Waals surface area contributed by atoms with Crippen LogP contribution in [0, 0.1) is 0 Å². The summed E-state index contributed by atoms with van der Waals surface area (Å²) < 4.78 is 0. The molecule has 1 N–H and O–H groups in total. The predicted molar refractivity (Wildman–Crippen MR) is 42.6 cm³/mol. The maximum Gasteiger partial charge on any atom is 0.329 e. The molecule has 1 amide bonds. The van der Waals surface area contributed by atoms with E-state index < -0.39 is 11.5 Å². The van der Waals surface area contributed by atoms with Crippen LogP contribution in [-0.4, -0.2) is 34.0 Å². The summed E-state index contributed by atoms with van der Waals surface area (Å²) in [4.78, 5) is 23.1. The highest BCUT2D eigenvalue weighted by Gasteiger charge is 2.37. The van der Waals surface area contributed by atoms with Crippen molar-refractivity contribution in [1.29, 1.82) is 0 Å². The Balaban J connectivity index is 2.83. The van der Waals surface area contributed by atoms with Gasteiger partial charge in [0, 0.05) is 12.6 Å². The molecule has 0 aromatic heterocycles. The zero-order valence-electron chi connectivity index (χ0n) is 7.07. The lowest BCUT2D eigenvalue weighted by atomic mass is 10.0. The molecule has 1 aliphatic heterocycles. The summed E-state index contributed by atoms with van der Waals surface area (Å²) in [5.41, 5.74) is -1.11. The molecule has 0 saturated heterocycles. The van der Waals surface area contributed by atoms with Gasteiger partial charge in [-0.15, -0.1) is 0 Å². The van der Waals surface area contributed by atoms with Gasteiger partial charge in [0.1, 0.15) is 5.54 Å². The van der Waals surface area contributed by atoms with Crippen molar-refractivity contribution in [2.24, 2.45) is 0 Å². The van der Waals surface area contributed by atoms with Crippen molar-refractivity contribution in [3.63, 3.8) is 0 Å². The number of rotatable bonds is 2. The standard InChI is InChI=1S/C8H11NO3/c1-8(2,7(11)12)9-5-3-4-6(9)10/h3-4H,5H2,1-2H3,(H,11,12). The lowest BCUT2D eigenvalue weighted by molar-refractivity contribution is -0.153. The highest BCUT2D eigenvalue weighted by Crippen LogP contribution is 2.18. The molecule has 0 aromatic carbocycles. The van der Waals surface area contributed by atoms with E-state index in [-0.39, 0.29) is 5.91 Å². The molecule has 0 radical (unpaired) electrons. The molecule has 0 aliphatic carbocycles. The van der Waals surface area contributed by atoms with Gasteiger partial charge in [0.2, 0.25) is 5.91 Å². The van der Waals surface area contributed by atoms with E-state index in [1.807, 2.05) is 0 Å². The molecule has 0 unspecified atom stereocenters. The van der Waals surface area contributed by atoms with Crippen LogP contribution in [0.1, 0.15) is 13.8 Å². The van der Waals surface area contributed by atoms with Gasteiger partial charge in [0.05, 0.1) is 0 Å². The van der Waals surface area contributed by atoms with Gasteiger partial charge >= 0.3 is 5.97 Å². The fraction of sp³-hybridized carbons (Fsp3) is 0.500. The second kappa shape index (κ2) is 2.62. The number of hydrogen-bond donors (Lipinski definition) is 1. The fourth-order valence-electron chi connectivity index (χ4n) is 1.06. The topological polar surface area (TPSA) is 57.6 Å². The van der Waals surface area contributed by atoms with Crippen LogP contribution in [0.25, 0.3) is 0 Å². The number of hydrogen-bond acceptors (Lipinski definition) is 2. The van der Waals surface area contributed by atoms with Crippen LogP contribution in [0.15, 0.2) is 12.2 Å². The molecule has 1 rings (SSSR count). The molecule has 0 aromatic rings. The Kier molecular flexibility index (Phi) is 1.92. The minimum atomic E-state index is -1.11. The third-order valence-corrected chi connectivity index (χ3v) is 2.01. The van der Waals surface area contributed by atoms with Crippen molar-refractivity contribution >= 4 is 11.9 Å². The van der Waals surface area contributed by atoms with Crippen LogP contribution in [0.2, 0.25) is 0 Å². The Morgan fingerprint density at radius 2 is 2.25 bits per heavy atom. The van der Waals surface area contributed by atoms with E-state index in [2.05, 4.69) is 0 Å². The lowest BCUT2D eigenvalue weighted by Gasteiger charge is -2.30. The summed E-state index contributed by atoms with van der Waals surface area (Å²) in [5, 5.41) is 8.80. The zero-order chi connectivity index (χ0) is 9.35. The largest absolute Gasteiger partial charge is 0.480 e. The van der Waals surface area contributed by atoms with Crippen LogP contribution in [0.3, 0.4) is 0 Å². The quantitative estimate of drug-likeness (QED) is 0.644.